The van der Waals surface area contributed by atoms with Gasteiger partial charge in [-0.1, -0.05) is 12.1 Å². The summed E-state index contributed by atoms with van der Waals surface area (Å²) in [6, 6.07) is 6.95. The van der Waals surface area contributed by atoms with Gasteiger partial charge in [0.05, 0.1) is 4.92 Å². The maximum atomic E-state index is 10.6. The standard InChI is InChI=1S/C15H21N3O2/c19-18(20)15-3-1-12(2-4-15)5-7-17-8-6-13-9-16-10-14(13)11-17/h1-4,13-14,16H,5-11H2. The van der Waals surface area contributed by atoms with E-state index in [-0.39, 0.29) is 10.6 Å². The molecule has 2 fully saturated rings. The van der Waals surface area contributed by atoms with Crippen molar-refractivity contribution in [3.63, 3.8) is 0 Å². The van der Waals surface area contributed by atoms with Crippen LogP contribution in [0.3, 0.4) is 0 Å². The van der Waals surface area contributed by atoms with Crippen molar-refractivity contribution in [3.05, 3.63) is 39.9 Å². The normalized spacial score (nSPS) is 26.4. The zero-order valence-electron chi connectivity index (χ0n) is 11.6. The fraction of sp³-hybridized carbons (Fsp3) is 0.600. The Kier molecular flexibility index (Phi) is 3.98. The Morgan fingerprint density at radius 2 is 2.00 bits per heavy atom. The molecule has 0 aromatic heterocycles. The summed E-state index contributed by atoms with van der Waals surface area (Å²) >= 11 is 0. The lowest BCUT2D eigenvalue weighted by Crippen LogP contribution is -2.40. The number of rotatable bonds is 4. The molecule has 0 amide bonds. The van der Waals surface area contributed by atoms with Gasteiger partial charge in [-0.15, -0.1) is 0 Å². The predicted molar refractivity (Wildman–Crippen MR) is 77.7 cm³/mol. The number of nitrogens with zero attached hydrogens (tertiary/aromatic N) is 2. The molecule has 2 aliphatic rings. The molecule has 1 N–H and O–H groups in total. The second-order valence-corrected chi connectivity index (χ2v) is 5.94. The third-order valence-electron chi connectivity index (χ3n) is 4.65. The molecule has 2 atom stereocenters. The van der Waals surface area contributed by atoms with Crippen molar-refractivity contribution in [1.29, 1.82) is 0 Å². The summed E-state index contributed by atoms with van der Waals surface area (Å²) in [5, 5.41) is 14.1. The molecule has 2 saturated heterocycles. The summed E-state index contributed by atoms with van der Waals surface area (Å²) in [6.07, 6.45) is 2.28. The van der Waals surface area contributed by atoms with Gasteiger partial charge in [-0.2, -0.15) is 0 Å². The van der Waals surface area contributed by atoms with Crippen LogP contribution in [0.25, 0.3) is 0 Å². The highest BCUT2D eigenvalue weighted by molar-refractivity contribution is 5.32. The zero-order chi connectivity index (χ0) is 13.9. The van der Waals surface area contributed by atoms with Crippen LogP contribution in [-0.2, 0) is 6.42 Å². The smallest absolute Gasteiger partial charge is 0.269 e. The third kappa shape index (κ3) is 2.99. The monoisotopic (exact) mass is 275 g/mol. The van der Waals surface area contributed by atoms with Crippen LogP contribution < -0.4 is 5.32 Å². The third-order valence-corrected chi connectivity index (χ3v) is 4.65. The molecule has 5 heteroatoms. The molecule has 0 aliphatic carbocycles. The minimum atomic E-state index is -0.346. The van der Waals surface area contributed by atoms with E-state index in [2.05, 4.69) is 10.2 Å². The summed E-state index contributed by atoms with van der Waals surface area (Å²) in [5.74, 6) is 1.70. The first kappa shape index (κ1) is 13.5. The quantitative estimate of drug-likeness (QED) is 0.671. The van der Waals surface area contributed by atoms with Gasteiger partial charge < -0.3 is 10.2 Å². The maximum absolute atomic E-state index is 10.6. The first-order valence-electron chi connectivity index (χ1n) is 7.39. The molecule has 1 aromatic rings. The molecule has 3 rings (SSSR count). The molecule has 0 saturated carbocycles. The van der Waals surface area contributed by atoms with E-state index < -0.39 is 0 Å². The SMILES string of the molecule is O=[N+]([O-])c1ccc(CCN2CCC3CNCC3C2)cc1. The van der Waals surface area contributed by atoms with Gasteiger partial charge in [0.15, 0.2) is 0 Å². The Morgan fingerprint density at radius 3 is 2.75 bits per heavy atom. The van der Waals surface area contributed by atoms with Crippen molar-refractivity contribution in [3.8, 4) is 0 Å². The van der Waals surface area contributed by atoms with Crippen LogP contribution in [0.5, 0.6) is 0 Å². The molecule has 20 heavy (non-hydrogen) atoms. The van der Waals surface area contributed by atoms with E-state index in [0.29, 0.717) is 0 Å². The molecule has 2 heterocycles. The number of likely N-dealkylation sites (tertiary alicyclic amines) is 1. The number of nitrogens with one attached hydrogen (secondary N) is 1. The lowest BCUT2D eigenvalue weighted by Gasteiger charge is -2.34. The van der Waals surface area contributed by atoms with Crippen molar-refractivity contribution < 1.29 is 4.92 Å². The van der Waals surface area contributed by atoms with Gasteiger partial charge in [0, 0.05) is 25.2 Å². The average Bonchev–Trinajstić information content (AvgIpc) is 2.93. The highest BCUT2D eigenvalue weighted by atomic mass is 16.6. The highest BCUT2D eigenvalue weighted by Crippen LogP contribution is 2.26. The second kappa shape index (κ2) is 5.89. The van der Waals surface area contributed by atoms with E-state index in [1.54, 1.807) is 12.1 Å². The van der Waals surface area contributed by atoms with Gasteiger partial charge >= 0.3 is 0 Å². The Hall–Kier alpha value is -1.46. The van der Waals surface area contributed by atoms with Crippen molar-refractivity contribution in [2.45, 2.75) is 12.8 Å². The summed E-state index contributed by atoms with van der Waals surface area (Å²) in [7, 11) is 0. The largest absolute Gasteiger partial charge is 0.316 e. The van der Waals surface area contributed by atoms with E-state index in [0.717, 1.165) is 24.8 Å². The van der Waals surface area contributed by atoms with Gasteiger partial charge in [-0.05, 0) is 49.9 Å². The minimum Gasteiger partial charge on any atom is -0.316 e. The van der Waals surface area contributed by atoms with Crippen LogP contribution in [-0.4, -0.2) is 42.5 Å². The molecule has 5 nitrogen and oxygen atoms in total. The van der Waals surface area contributed by atoms with Crippen LogP contribution in [0.15, 0.2) is 24.3 Å². The Labute approximate surface area is 119 Å². The Bertz CT molecular complexity index is 475. The summed E-state index contributed by atoms with van der Waals surface area (Å²) in [5.41, 5.74) is 1.36. The first-order valence-corrected chi connectivity index (χ1v) is 7.39. The number of hydrogen-bond donors (Lipinski definition) is 1. The van der Waals surface area contributed by atoms with Gasteiger partial charge in [-0.3, -0.25) is 10.1 Å². The zero-order valence-corrected chi connectivity index (χ0v) is 11.6. The lowest BCUT2D eigenvalue weighted by atomic mass is 9.88. The maximum Gasteiger partial charge on any atom is 0.269 e. The molecule has 0 bridgehead atoms. The molecule has 2 unspecified atom stereocenters. The molecule has 108 valence electrons. The van der Waals surface area contributed by atoms with Crippen molar-refractivity contribution in [2.24, 2.45) is 11.8 Å². The lowest BCUT2D eigenvalue weighted by molar-refractivity contribution is -0.384. The van der Waals surface area contributed by atoms with Gasteiger partial charge in [0.1, 0.15) is 0 Å². The van der Waals surface area contributed by atoms with Crippen LogP contribution >= 0.6 is 0 Å². The average molecular weight is 275 g/mol. The second-order valence-electron chi connectivity index (χ2n) is 5.94. The fourth-order valence-corrected chi connectivity index (χ4v) is 3.38. The Balaban J connectivity index is 1.50. The van der Waals surface area contributed by atoms with Crippen molar-refractivity contribution >= 4 is 5.69 Å². The van der Waals surface area contributed by atoms with Gasteiger partial charge in [0.25, 0.3) is 5.69 Å². The fourth-order valence-electron chi connectivity index (χ4n) is 3.38. The van der Waals surface area contributed by atoms with E-state index in [1.165, 1.54) is 38.2 Å². The molecule has 2 aliphatic heterocycles. The van der Waals surface area contributed by atoms with E-state index in [9.17, 15) is 10.1 Å². The van der Waals surface area contributed by atoms with Crippen LogP contribution in [0.2, 0.25) is 0 Å². The summed E-state index contributed by atoms with van der Waals surface area (Å²) in [6.45, 7) is 5.81. The number of piperidine rings is 1. The van der Waals surface area contributed by atoms with Gasteiger partial charge in [0.2, 0.25) is 0 Å². The topological polar surface area (TPSA) is 58.4 Å². The number of nitro groups is 1. The van der Waals surface area contributed by atoms with E-state index in [4.69, 9.17) is 0 Å². The molecule has 0 radical (unpaired) electrons. The first-order chi connectivity index (χ1) is 9.72. The molecule has 1 aromatic carbocycles. The van der Waals surface area contributed by atoms with Crippen molar-refractivity contribution in [1.82, 2.24) is 10.2 Å². The van der Waals surface area contributed by atoms with E-state index in [1.807, 2.05) is 12.1 Å². The number of benzene rings is 1. The summed E-state index contributed by atoms with van der Waals surface area (Å²) < 4.78 is 0. The van der Waals surface area contributed by atoms with E-state index >= 15 is 0 Å². The predicted octanol–water partition coefficient (Wildman–Crippen LogP) is 1.68. The summed E-state index contributed by atoms with van der Waals surface area (Å²) in [4.78, 5) is 12.8. The van der Waals surface area contributed by atoms with Crippen molar-refractivity contribution in [2.75, 3.05) is 32.7 Å². The van der Waals surface area contributed by atoms with Crippen LogP contribution in [0.1, 0.15) is 12.0 Å². The van der Waals surface area contributed by atoms with Gasteiger partial charge in [-0.25, -0.2) is 0 Å². The molecular formula is C15H21N3O2. The van der Waals surface area contributed by atoms with Crippen LogP contribution in [0.4, 0.5) is 5.69 Å². The number of nitro benzene ring substituents is 1. The number of non-ortho nitro benzene ring substituents is 1. The molecular weight excluding hydrogens is 254 g/mol. The Morgan fingerprint density at radius 1 is 1.25 bits per heavy atom. The highest BCUT2D eigenvalue weighted by Gasteiger charge is 2.32. The number of fused-ring (bicyclic) bond motifs is 1. The number of hydrogen-bond acceptors (Lipinski definition) is 4. The minimum absolute atomic E-state index is 0.173. The van der Waals surface area contributed by atoms with Crippen LogP contribution in [0, 0.1) is 22.0 Å². The molecule has 0 spiro atoms.